The van der Waals surface area contributed by atoms with Crippen LogP contribution in [0.5, 0.6) is 5.75 Å². The Kier molecular flexibility index (Phi) is 4.07. The van der Waals surface area contributed by atoms with Gasteiger partial charge in [0.2, 0.25) is 0 Å². The van der Waals surface area contributed by atoms with E-state index in [0.717, 1.165) is 26.8 Å². The number of benzene rings is 2. The van der Waals surface area contributed by atoms with E-state index in [1.54, 1.807) is 11.3 Å². The van der Waals surface area contributed by atoms with Crippen LogP contribution in [-0.4, -0.2) is 11.6 Å². The molecule has 3 rings (SSSR count). The maximum absolute atomic E-state index is 5.52. The van der Waals surface area contributed by atoms with Gasteiger partial charge in [0.25, 0.3) is 0 Å². The number of ether oxygens (including phenoxy) is 1. The van der Waals surface area contributed by atoms with E-state index in [2.05, 4.69) is 45.0 Å². The number of thiazole rings is 1. The number of nitrogens with one attached hydrogen (secondary N) is 1. The minimum atomic E-state index is 0.678. The molecule has 1 N–H and O–H groups in total. The number of hydrogen-bond acceptors (Lipinski definition) is 4. The molecule has 3 aromatic rings. The molecule has 0 aliphatic carbocycles. The van der Waals surface area contributed by atoms with Gasteiger partial charge in [-0.05, 0) is 59.8 Å². The molecule has 1 heterocycles. The van der Waals surface area contributed by atoms with Crippen molar-refractivity contribution in [3.05, 3.63) is 46.0 Å². The first-order chi connectivity index (χ1) is 9.76. The monoisotopic (exact) mass is 396 g/mol. The fourth-order valence-electron chi connectivity index (χ4n) is 1.89. The third-order valence-electron chi connectivity index (χ3n) is 2.79. The predicted molar refractivity (Wildman–Crippen MR) is 93.2 cm³/mol. The van der Waals surface area contributed by atoms with Crippen molar-refractivity contribution in [1.82, 2.24) is 4.98 Å². The largest absolute Gasteiger partial charge is 0.494 e. The number of nitrogens with zero attached hydrogens (tertiary/aromatic N) is 1. The van der Waals surface area contributed by atoms with Gasteiger partial charge in [-0.25, -0.2) is 4.98 Å². The van der Waals surface area contributed by atoms with Crippen molar-refractivity contribution in [2.24, 2.45) is 0 Å². The summed E-state index contributed by atoms with van der Waals surface area (Å²) in [5, 5.41) is 4.27. The molecule has 0 radical (unpaired) electrons. The van der Waals surface area contributed by atoms with Gasteiger partial charge in [0.1, 0.15) is 5.75 Å². The molecule has 3 nitrogen and oxygen atoms in total. The molecule has 0 aliphatic rings. The molecular weight excluding hydrogens is 383 g/mol. The number of fused-ring (bicyclic) bond motifs is 1. The Morgan fingerprint density at radius 1 is 1.25 bits per heavy atom. The van der Waals surface area contributed by atoms with Crippen molar-refractivity contribution >= 4 is 55.0 Å². The first-order valence-electron chi connectivity index (χ1n) is 6.31. The normalized spacial score (nSPS) is 10.7. The summed E-state index contributed by atoms with van der Waals surface area (Å²) in [6.45, 7) is 2.67. The van der Waals surface area contributed by atoms with Crippen molar-refractivity contribution in [3.8, 4) is 5.75 Å². The summed E-state index contributed by atoms with van der Waals surface area (Å²) in [7, 11) is 0. The van der Waals surface area contributed by atoms with Crippen LogP contribution in [0.15, 0.2) is 42.5 Å². The highest BCUT2D eigenvalue weighted by Gasteiger charge is 2.06. The molecule has 0 saturated heterocycles. The van der Waals surface area contributed by atoms with Gasteiger partial charge < -0.3 is 10.1 Å². The van der Waals surface area contributed by atoms with Crippen LogP contribution in [0.2, 0.25) is 0 Å². The third-order valence-corrected chi connectivity index (χ3v) is 4.66. The second kappa shape index (κ2) is 5.97. The maximum atomic E-state index is 5.52. The molecule has 0 aliphatic heterocycles. The van der Waals surface area contributed by atoms with Crippen LogP contribution < -0.4 is 10.1 Å². The molecule has 5 heteroatoms. The van der Waals surface area contributed by atoms with E-state index < -0.39 is 0 Å². The van der Waals surface area contributed by atoms with Crippen molar-refractivity contribution < 1.29 is 4.74 Å². The highest BCUT2D eigenvalue weighted by atomic mass is 127. The van der Waals surface area contributed by atoms with Crippen molar-refractivity contribution in [3.63, 3.8) is 0 Å². The second-order valence-electron chi connectivity index (χ2n) is 4.19. The van der Waals surface area contributed by atoms with Crippen molar-refractivity contribution in [1.29, 1.82) is 0 Å². The van der Waals surface area contributed by atoms with Gasteiger partial charge in [-0.3, -0.25) is 0 Å². The predicted octanol–water partition coefficient (Wildman–Crippen LogP) is 5.04. The fraction of sp³-hybridized carbons (Fsp3) is 0.133. The molecule has 0 saturated carbocycles. The average Bonchev–Trinajstić information content (AvgIpc) is 2.83. The summed E-state index contributed by atoms with van der Waals surface area (Å²) < 4.78 is 7.83. The van der Waals surface area contributed by atoms with Crippen LogP contribution in [-0.2, 0) is 0 Å². The van der Waals surface area contributed by atoms with Gasteiger partial charge in [0.15, 0.2) is 5.13 Å². The van der Waals surface area contributed by atoms with E-state index in [1.165, 1.54) is 3.57 Å². The second-order valence-corrected chi connectivity index (χ2v) is 6.38. The number of rotatable bonds is 4. The minimum Gasteiger partial charge on any atom is -0.494 e. The van der Waals surface area contributed by atoms with Gasteiger partial charge in [0, 0.05) is 3.57 Å². The number of para-hydroxylation sites is 1. The van der Waals surface area contributed by atoms with Crippen LogP contribution in [0.25, 0.3) is 10.2 Å². The highest BCUT2D eigenvalue weighted by Crippen LogP contribution is 2.32. The van der Waals surface area contributed by atoms with E-state index in [4.69, 9.17) is 4.74 Å². The van der Waals surface area contributed by atoms with E-state index in [9.17, 15) is 0 Å². The Balaban J connectivity index is 1.91. The molecule has 1 aromatic heterocycles. The zero-order valence-corrected chi connectivity index (χ0v) is 13.9. The average molecular weight is 396 g/mol. The molecule has 0 fully saturated rings. The van der Waals surface area contributed by atoms with E-state index in [0.29, 0.717) is 6.61 Å². The van der Waals surface area contributed by atoms with E-state index in [-0.39, 0.29) is 0 Å². The summed E-state index contributed by atoms with van der Waals surface area (Å²) in [5.74, 6) is 0.893. The standard InChI is InChI=1S/C15H13IN2OS/c1-2-19-10-7-8-13-14(9-10)20-15(18-13)17-12-6-4-3-5-11(12)16/h3-9H,2H2,1H3,(H,17,18). The van der Waals surface area contributed by atoms with Gasteiger partial charge in [-0.2, -0.15) is 0 Å². The number of hydrogen-bond donors (Lipinski definition) is 1. The molecule has 0 amide bonds. The smallest absolute Gasteiger partial charge is 0.188 e. The number of halogens is 1. The SMILES string of the molecule is CCOc1ccc2nc(Nc3ccccc3I)sc2c1. The lowest BCUT2D eigenvalue weighted by atomic mass is 10.3. The maximum Gasteiger partial charge on any atom is 0.188 e. The minimum absolute atomic E-state index is 0.678. The first-order valence-corrected chi connectivity index (χ1v) is 8.20. The fourth-order valence-corrected chi connectivity index (χ4v) is 3.32. The van der Waals surface area contributed by atoms with Gasteiger partial charge in [-0.15, -0.1) is 0 Å². The van der Waals surface area contributed by atoms with Crippen LogP contribution in [0, 0.1) is 3.57 Å². The van der Waals surface area contributed by atoms with Gasteiger partial charge in [-0.1, -0.05) is 23.5 Å². The Morgan fingerprint density at radius 2 is 2.10 bits per heavy atom. The molecule has 0 bridgehead atoms. The van der Waals surface area contributed by atoms with Crippen LogP contribution in [0.3, 0.4) is 0 Å². The summed E-state index contributed by atoms with van der Waals surface area (Å²) in [6.07, 6.45) is 0. The van der Waals surface area contributed by atoms with Crippen molar-refractivity contribution in [2.75, 3.05) is 11.9 Å². The van der Waals surface area contributed by atoms with Crippen molar-refractivity contribution in [2.45, 2.75) is 6.92 Å². The highest BCUT2D eigenvalue weighted by molar-refractivity contribution is 14.1. The topological polar surface area (TPSA) is 34.1 Å². The van der Waals surface area contributed by atoms with Crippen LogP contribution in [0.1, 0.15) is 6.92 Å². The Bertz CT molecular complexity index is 742. The molecule has 0 unspecified atom stereocenters. The third kappa shape index (κ3) is 2.88. The summed E-state index contributed by atoms with van der Waals surface area (Å²) in [4.78, 5) is 4.60. The summed E-state index contributed by atoms with van der Waals surface area (Å²) >= 11 is 3.95. The Hall–Kier alpha value is -1.34. The lowest BCUT2D eigenvalue weighted by Crippen LogP contribution is -1.91. The molecule has 102 valence electrons. The van der Waals surface area contributed by atoms with Gasteiger partial charge in [0.05, 0.1) is 22.5 Å². The quantitative estimate of drug-likeness (QED) is 0.628. The number of aromatic nitrogens is 1. The summed E-state index contributed by atoms with van der Waals surface area (Å²) in [6, 6.07) is 14.2. The molecule has 0 atom stereocenters. The molecule has 2 aromatic carbocycles. The van der Waals surface area contributed by atoms with Gasteiger partial charge >= 0.3 is 0 Å². The van der Waals surface area contributed by atoms with Crippen LogP contribution >= 0.6 is 33.9 Å². The first kappa shape index (κ1) is 13.6. The lowest BCUT2D eigenvalue weighted by Gasteiger charge is -2.03. The molecule has 20 heavy (non-hydrogen) atoms. The Morgan fingerprint density at radius 3 is 2.90 bits per heavy atom. The van der Waals surface area contributed by atoms with Crippen LogP contribution in [0.4, 0.5) is 10.8 Å². The summed E-state index contributed by atoms with van der Waals surface area (Å²) in [5.41, 5.74) is 2.07. The molecule has 0 spiro atoms. The Labute approximate surface area is 135 Å². The van der Waals surface area contributed by atoms with E-state index >= 15 is 0 Å². The van der Waals surface area contributed by atoms with E-state index in [1.807, 2.05) is 37.3 Å². The lowest BCUT2D eigenvalue weighted by molar-refractivity contribution is 0.341. The number of anilines is 2. The molecular formula is C15H13IN2OS. The zero-order chi connectivity index (χ0) is 13.9. The zero-order valence-electron chi connectivity index (χ0n) is 10.9.